The van der Waals surface area contributed by atoms with Crippen molar-refractivity contribution in [3.05, 3.63) is 35.4 Å². The Hall–Kier alpha value is -1.31. The highest BCUT2D eigenvalue weighted by molar-refractivity contribution is 5.98. The standard InChI is InChI=1S/C11H15NO/c1-4-13-12-10(3)11-7-5-9(2)6-8-11/h5-8H,4H2,1-3H3/b12-10+. The van der Waals surface area contributed by atoms with Crippen LogP contribution in [0.3, 0.4) is 0 Å². The molecule has 0 unspecified atom stereocenters. The van der Waals surface area contributed by atoms with Gasteiger partial charge in [-0.2, -0.15) is 0 Å². The van der Waals surface area contributed by atoms with Crippen molar-refractivity contribution in [2.45, 2.75) is 20.8 Å². The molecule has 0 aliphatic heterocycles. The van der Waals surface area contributed by atoms with Crippen LogP contribution < -0.4 is 0 Å². The molecule has 2 nitrogen and oxygen atoms in total. The fraction of sp³-hybridized carbons (Fsp3) is 0.364. The summed E-state index contributed by atoms with van der Waals surface area (Å²) < 4.78 is 0. The second kappa shape index (κ2) is 4.65. The van der Waals surface area contributed by atoms with Crippen LogP contribution in [0.5, 0.6) is 0 Å². The molecule has 0 amide bonds. The minimum atomic E-state index is 0.614. The van der Waals surface area contributed by atoms with Gasteiger partial charge in [0, 0.05) is 0 Å². The Morgan fingerprint density at radius 1 is 1.31 bits per heavy atom. The van der Waals surface area contributed by atoms with Gasteiger partial charge in [0.25, 0.3) is 0 Å². The molecule has 1 rings (SSSR count). The third-order valence-electron chi connectivity index (χ3n) is 1.80. The summed E-state index contributed by atoms with van der Waals surface area (Å²) in [5.74, 6) is 0. The first-order chi connectivity index (χ1) is 6.24. The Morgan fingerprint density at radius 3 is 2.46 bits per heavy atom. The molecule has 0 atom stereocenters. The summed E-state index contributed by atoms with van der Waals surface area (Å²) in [5, 5.41) is 3.96. The summed E-state index contributed by atoms with van der Waals surface area (Å²) in [7, 11) is 0. The molecule has 1 aromatic carbocycles. The Labute approximate surface area is 79.2 Å². The molecule has 0 heterocycles. The third-order valence-corrected chi connectivity index (χ3v) is 1.80. The van der Waals surface area contributed by atoms with Crippen molar-refractivity contribution >= 4 is 5.71 Å². The Bertz CT molecular complexity index is 287. The average Bonchev–Trinajstić information content (AvgIpc) is 2.15. The molecule has 0 spiro atoms. The first-order valence-electron chi connectivity index (χ1n) is 4.47. The van der Waals surface area contributed by atoms with Gasteiger partial charge >= 0.3 is 0 Å². The van der Waals surface area contributed by atoms with E-state index in [0.717, 1.165) is 11.3 Å². The van der Waals surface area contributed by atoms with Gasteiger partial charge in [-0.25, -0.2) is 0 Å². The normalized spacial score (nSPS) is 11.5. The van der Waals surface area contributed by atoms with Gasteiger partial charge in [-0.1, -0.05) is 35.0 Å². The van der Waals surface area contributed by atoms with E-state index in [4.69, 9.17) is 4.84 Å². The van der Waals surface area contributed by atoms with Gasteiger partial charge in [-0.15, -0.1) is 0 Å². The van der Waals surface area contributed by atoms with E-state index >= 15 is 0 Å². The summed E-state index contributed by atoms with van der Waals surface area (Å²) in [6.07, 6.45) is 0. The van der Waals surface area contributed by atoms with Crippen LogP contribution in [-0.4, -0.2) is 12.3 Å². The van der Waals surface area contributed by atoms with E-state index in [2.05, 4.69) is 24.2 Å². The van der Waals surface area contributed by atoms with E-state index in [0.29, 0.717) is 6.61 Å². The van der Waals surface area contributed by atoms with Crippen molar-refractivity contribution in [1.82, 2.24) is 0 Å². The quantitative estimate of drug-likeness (QED) is 0.514. The van der Waals surface area contributed by atoms with Gasteiger partial charge in [0.1, 0.15) is 6.61 Å². The first kappa shape index (κ1) is 9.78. The number of hydrogen-bond acceptors (Lipinski definition) is 2. The maximum absolute atomic E-state index is 4.97. The number of nitrogens with zero attached hydrogens (tertiary/aromatic N) is 1. The summed E-state index contributed by atoms with van der Waals surface area (Å²) in [5.41, 5.74) is 3.29. The summed E-state index contributed by atoms with van der Waals surface area (Å²) in [6.45, 7) is 6.55. The lowest BCUT2D eigenvalue weighted by Crippen LogP contribution is -1.95. The number of benzene rings is 1. The maximum Gasteiger partial charge on any atom is 0.114 e. The molecule has 2 heteroatoms. The van der Waals surface area contributed by atoms with Gasteiger partial charge in [-0.05, 0) is 26.3 Å². The highest BCUT2D eigenvalue weighted by atomic mass is 16.6. The van der Waals surface area contributed by atoms with E-state index in [1.807, 2.05) is 26.0 Å². The number of oxime groups is 1. The van der Waals surface area contributed by atoms with Crippen LogP contribution in [0.25, 0.3) is 0 Å². The maximum atomic E-state index is 4.97. The van der Waals surface area contributed by atoms with E-state index in [9.17, 15) is 0 Å². The van der Waals surface area contributed by atoms with Gasteiger partial charge < -0.3 is 4.84 Å². The molecule has 0 saturated heterocycles. The SMILES string of the molecule is CCO/N=C(\C)c1ccc(C)cc1. The van der Waals surface area contributed by atoms with Crippen LogP contribution in [0.15, 0.2) is 29.4 Å². The zero-order valence-corrected chi connectivity index (χ0v) is 8.37. The van der Waals surface area contributed by atoms with E-state index < -0.39 is 0 Å². The zero-order chi connectivity index (χ0) is 9.68. The Balaban J connectivity index is 2.77. The lowest BCUT2D eigenvalue weighted by atomic mass is 10.1. The molecule has 0 fully saturated rings. The highest BCUT2D eigenvalue weighted by Crippen LogP contribution is 2.04. The molecule has 0 bridgehead atoms. The van der Waals surface area contributed by atoms with Crippen molar-refractivity contribution in [3.63, 3.8) is 0 Å². The van der Waals surface area contributed by atoms with E-state index in [1.54, 1.807) is 0 Å². The molecule has 13 heavy (non-hydrogen) atoms. The molecular formula is C11H15NO. The van der Waals surface area contributed by atoms with Crippen molar-refractivity contribution in [1.29, 1.82) is 0 Å². The zero-order valence-electron chi connectivity index (χ0n) is 8.37. The summed E-state index contributed by atoms with van der Waals surface area (Å²) in [6, 6.07) is 8.24. The monoisotopic (exact) mass is 177 g/mol. The Kier molecular flexibility index (Phi) is 3.50. The van der Waals surface area contributed by atoms with Gasteiger partial charge in [0.2, 0.25) is 0 Å². The molecule has 0 aliphatic carbocycles. The van der Waals surface area contributed by atoms with Gasteiger partial charge in [-0.3, -0.25) is 0 Å². The second-order valence-electron chi connectivity index (χ2n) is 2.96. The molecule has 0 N–H and O–H groups in total. The largest absolute Gasteiger partial charge is 0.396 e. The predicted molar refractivity (Wildman–Crippen MR) is 55.0 cm³/mol. The topological polar surface area (TPSA) is 21.6 Å². The fourth-order valence-corrected chi connectivity index (χ4v) is 1.01. The van der Waals surface area contributed by atoms with Crippen molar-refractivity contribution in [3.8, 4) is 0 Å². The number of rotatable bonds is 3. The van der Waals surface area contributed by atoms with Crippen LogP contribution in [0.4, 0.5) is 0 Å². The van der Waals surface area contributed by atoms with Crippen molar-refractivity contribution in [2.24, 2.45) is 5.16 Å². The van der Waals surface area contributed by atoms with E-state index in [-0.39, 0.29) is 0 Å². The van der Waals surface area contributed by atoms with Crippen molar-refractivity contribution in [2.75, 3.05) is 6.61 Å². The van der Waals surface area contributed by atoms with Crippen LogP contribution in [0.1, 0.15) is 25.0 Å². The van der Waals surface area contributed by atoms with Gasteiger partial charge in [0.15, 0.2) is 0 Å². The highest BCUT2D eigenvalue weighted by Gasteiger charge is 1.96. The average molecular weight is 177 g/mol. The van der Waals surface area contributed by atoms with Crippen molar-refractivity contribution < 1.29 is 4.84 Å². The minimum absolute atomic E-state index is 0.614. The molecule has 70 valence electrons. The lowest BCUT2D eigenvalue weighted by molar-refractivity contribution is 0.159. The molecule has 0 aliphatic rings. The fourth-order valence-electron chi connectivity index (χ4n) is 1.01. The first-order valence-corrected chi connectivity index (χ1v) is 4.47. The smallest absolute Gasteiger partial charge is 0.114 e. The number of hydrogen-bond donors (Lipinski definition) is 0. The third kappa shape index (κ3) is 2.90. The lowest BCUT2D eigenvalue weighted by Gasteiger charge is -2.00. The van der Waals surface area contributed by atoms with Crippen LogP contribution in [-0.2, 0) is 4.84 Å². The van der Waals surface area contributed by atoms with Crippen LogP contribution in [0.2, 0.25) is 0 Å². The summed E-state index contributed by atoms with van der Waals surface area (Å²) in [4.78, 5) is 4.97. The Morgan fingerprint density at radius 2 is 1.92 bits per heavy atom. The summed E-state index contributed by atoms with van der Waals surface area (Å²) >= 11 is 0. The predicted octanol–water partition coefficient (Wildman–Crippen LogP) is 2.76. The number of aryl methyl sites for hydroxylation is 1. The van der Waals surface area contributed by atoms with Crippen LogP contribution in [0, 0.1) is 6.92 Å². The van der Waals surface area contributed by atoms with Gasteiger partial charge in [0.05, 0.1) is 5.71 Å². The van der Waals surface area contributed by atoms with Crippen LogP contribution >= 0.6 is 0 Å². The second-order valence-corrected chi connectivity index (χ2v) is 2.96. The molecule has 0 aromatic heterocycles. The molecule has 0 radical (unpaired) electrons. The molecule has 0 saturated carbocycles. The molecular weight excluding hydrogens is 162 g/mol. The minimum Gasteiger partial charge on any atom is -0.396 e. The van der Waals surface area contributed by atoms with E-state index in [1.165, 1.54) is 5.56 Å². The molecule has 1 aromatic rings.